The molecule has 0 aliphatic carbocycles. The first-order valence-corrected chi connectivity index (χ1v) is 7.02. The van der Waals surface area contributed by atoms with Gasteiger partial charge >= 0.3 is 0 Å². The average molecular weight is 340 g/mol. The number of halogens is 1. The summed E-state index contributed by atoms with van der Waals surface area (Å²) in [5, 5.41) is 0. The zero-order valence-electron chi connectivity index (χ0n) is 9.30. The quantitative estimate of drug-likeness (QED) is 0.442. The lowest BCUT2D eigenvalue weighted by molar-refractivity contribution is -0.106. The second-order valence-electron chi connectivity index (χ2n) is 3.86. The molecule has 0 bridgehead atoms. The number of ether oxygens (including phenoxy) is 4. The van der Waals surface area contributed by atoms with Gasteiger partial charge in [-0.15, -0.1) is 0 Å². The molecule has 2 heterocycles. The van der Waals surface area contributed by atoms with Crippen LogP contribution in [0.25, 0.3) is 0 Å². The number of alkyl halides is 1. The van der Waals surface area contributed by atoms with E-state index in [1.54, 1.807) is 7.11 Å². The molecule has 0 amide bonds. The first kappa shape index (κ1) is 12.8. The van der Waals surface area contributed by atoms with E-state index in [1.807, 2.05) is 6.08 Å². The third-order valence-corrected chi connectivity index (χ3v) is 3.64. The summed E-state index contributed by atoms with van der Waals surface area (Å²) in [5.41, 5.74) is 0. The molecule has 5 heteroatoms. The van der Waals surface area contributed by atoms with Gasteiger partial charge in [-0.3, -0.25) is 0 Å². The molecular weight excluding hydrogens is 323 g/mol. The molecule has 3 atom stereocenters. The van der Waals surface area contributed by atoms with Crippen LogP contribution >= 0.6 is 22.6 Å². The molecule has 0 aromatic carbocycles. The monoisotopic (exact) mass is 340 g/mol. The topological polar surface area (TPSA) is 36.9 Å². The van der Waals surface area contributed by atoms with E-state index in [0.29, 0.717) is 13.2 Å². The van der Waals surface area contributed by atoms with Gasteiger partial charge in [0.15, 0.2) is 6.29 Å². The predicted octanol–water partition coefficient (Wildman–Crippen LogP) is 1.52. The van der Waals surface area contributed by atoms with E-state index < -0.39 is 0 Å². The Bertz CT molecular complexity index is 240. The Labute approximate surface area is 109 Å². The van der Waals surface area contributed by atoms with Crippen LogP contribution in [0.4, 0.5) is 0 Å². The van der Waals surface area contributed by atoms with E-state index in [1.165, 1.54) is 0 Å². The zero-order valence-corrected chi connectivity index (χ0v) is 11.5. The molecule has 0 N–H and O–H groups in total. The van der Waals surface area contributed by atoms with Crippen LogP contribution in [0.15, 0.2) is 12.2 Å². The molecular formula is C11H17IO4. The smallest absolute Gasteiger partial charge is 0.160 e. The lowest BCUT2D eigenvalue weighted by Crippen LogP contribution is -2.38. The molecule has 2 aliphatic heterocycles. The second kappa shape index (κ2) is 6.30. The van der Waals surface area contributed by atoms with Crippen molar-refractivity contribution in [1.29, 1.82) is 0 Å². The SMILES string of the molecule is CO[C@H]1C=C[C@@H](CC2OCCO2)O[C@@H]1CI. The summed E-state index contributed by atoms with van der Waals surface area (Å²) < 4.78 is 23.0. The fourth-order valence-electron chi connectivity index (χ4n) is 1.93. The second-order valence-corrected chi connectivity index (χ2v) is 4.74. The maximum Gasteiger partial charge on any atom is 0.160 e. The van der Waals surface area contributed by atoms with E-state index in [2.05, 4.69) is 28.7 Å². The standard InChI is InChI=1S/C11H17IO4/c1-13-9-3-2-8(16-10(9)7-12)6-11-14-4-5-15-11/h2-3,8-11H,4-7H2,1H3/t8-,9-,10+/m0/s1. The van der Waals surface area contributed by atoms with Crippen molar-refractivity contribution in [3.63, 3.8) is 0 Å². The van der Waals surface area contributed by atoms with Gasteiger partial charge in [-0.05, 0) is 0 Å². The Morgan fingerprint density at radius 2 is 2.06 bits per heavy atom. The van der Waals surface area contributed by atoms with Crippen molar-refractivity contribution in [2.75, 3.05) is 24.8 Å². The van der Waals surface area contributed by atoms with Gasteiger partial charge in [0.2, 0.25) is 0 Å². The van der Waals surface area contributed by atoms with Crippen LogP contribution in [0, 0.1) is 0 Å². The van der Waals surface area contributed by atoms with Gasteiger partial charge in [-0.1, -0.05) is 34.7 Å². The van der Waals surface area contributed by atoms with E-state index in [4.69, 9.17) is 18.9 Å². The highest BCUT2D eigenvalue weighted by molar-refractivity contribution is 14.1. The molecule has 92 valence electrons. The maximum absolute atomic E-state index is 5.92. The number of rotatable bonds is 4. The van der Waals surface area contributed by atoms with Crippen molar-refractivity contribution in [3.8, 4) is 0 Å². The molecule has 0 unspecified atom stereocenters. The summed E-state index contributed by atoms with van der Waals surface area (Å²) in [5.74, 6) is 0. The number of hydrogen-bond acceptors (Lipinski definition) is 4. The molecule has 2 rings (SSSR count). The summed E-state index contributed by atoms with van der Waals surface area (Å²) in [6.45, 7) is 1.38. The van der Waals surface area contributed by atoms with Gasteiger partial charge < -0.3 is 18.9 Å². The van der Waals surface area contributed by atoms with Gasteiger partial charge in [-0.2, -0.15) is 0 Å². The molecule has 0 spiro atoms. The molecule has 0 radical (unpaired) electrons. The molecule has 1 fully saturated rings. The van der Waals surface area contributed by atoms with Gasteiger partial charge in [0.05, 0.1) is 25.4 Å². The van der Waals surface area contributed by atoms with E-state index in [-0.39, 0.29) is 24.6 Å². The van der Waals surface area contributed by atoms with Crippen molar-refractivity contribution in [2.24, 2.45) is 0 Å². The first-order valence-electron chi connectivity index (χ1n) is 5.49. The van der Waals surface area contributed by atoms with Gasteiger partial charge in [0, 0.05) is 18.0 Å². The predicted molar refractivity (Wildman–Crippen MR) is 67.8 cm³/mol. The zero-order chi connectivity index (χ0) is 11.4. The van der Waals surface area contributed by atoms with Crippen molar-refractivity contribution >= 4 is 22.6 Å². The highest BCUT2D eigenvalue weighted by Crippen LogP contribution is 2.22. The van der Waals surface area contributed by atoms with Crippen molar-refractivity contribution in [3.05, 3.63) is 12.2 Å². The van der Waals surface area contributed by atoms with E-state index >= 15 is 0 Å². The highest BCUT2D eigenvalue weighted by Gasteiger charge is 2.29. The minimum absolute atomic E-state index is 0.0681. The Kier molecular flexibility index (Phi) is 5.02. The third-order valence-electron chi connectivity index (χ3n) is 2.77. The maximum atomic E-state index is 5.92. The first-order chi connectivity index (χ1) is 7.83. The number of hydrogen-bond donors (Lipinski definition) is 0. The van der Waals surface area contributed by atoms with Gasteiger partial charge in [0.25, 0.3) is 0 Å². The Morgan fingerprint density at radius 1 is 1.31 bits per heavy atom. The van der Waals surface area contributed by atoms with Crippen LogP contribution in [0.2, 0.25) is 0 Å². The van der Waals surface area contributed by atoms with Gasteiger partial charge in [-0.25, -0.2) is 0 Å². The fraction of sp³-hybridized carbons (Fsp3) is 0.818. The van der Waals surface area contributed by atoms with E-state index in [9.17, 15) is 0 Å². The normalized spacial score (nSPS) is 35.8. The lowest BCUT2D eigenvalue weighted by atomic mass is 10.1. The summed E-state index contributed by atoms with van der Waals surface area (Å²) >= 11 is 2.32. The van der Waals surface area contributed by atoms with Crippen LogP contribution in [0.5, 0.6) is 0 Å². The molecule has 16 heavy (non-hydrogen) atoms. The third kappa shape index (κ3) is 3.16. The molecule has 1 saturated heterocycles. The summed E-state index contributed by atoms with van der Waals surface area (Å²) in [4.78, 5) is 0. The number of methoxy groups -OCH3 is 1. The average Bonchev–Trinajstić information content (AvgIpc) is 2.81. The van der Waals surface area contributed by atoms with Crippen LogP contribution in [0.1, 0.15) is 6.42 Å². The minimum atomic E-state index is -0.108. The largest absolute Gasteiger partial charge is 0.375 e. The van der Waals surface area contributed by atoms with Crippen molar-refractivity contribution in [1.82, 2.24) is 0 Å². The van der Waals surface area contributed by atoms with Crippen molar-refractivity contribution in [2.45, 2.75) is 31.0 Å². The molecule has 0 aromatic heterocycles. The summed E-state index contributed by atoms with van der Waals surface area (Å²) in [6.07, 6.45) is 5.05. The van der Waals surface area contributed by atoms with E-state index in [0.717, 1.165) is 10.8 Å². The molecule has 0 aromatic rings. The Morgan fingerprint density at radius 3 is 2.69 bits per heavy atom. The van der Waals surface area contributed by atoms with Crippen LogP contribution in [-0.2, 0) is 18.9 Å². The van der Waals surface area contributed by atoms with Crippen LogP contribution < -0.4 is 0 Å². The van der Waals surface area contributed by atoms with Gasteiger partial charge in [0.1, 0.15) is 6.10 Å². The Balaban J connectivity index is 1.87. The summed E-state index contributed by atoms with van der Waals surface area (Å²) in [6, 6.07) is 0. The van der Waals surface area contributed by atoms with Crippen LogP contribution in [-0.4, -0.2) is 49.4 Å². The van der Waals surface area contributed by atoms with Crippen molar-refractivity contribution < 1.29 is 18.9 Å². The lowest BCUT2D eigenvalue weighted by Gasteiger charge is -2.31. The summed E-state index contributed by atoms with van der Waals surface area (Å²) in [7, 11) is 1.71. The highest BCUT2D eigenvalue weighted by atomic mass is 127. The van der Waals surface area contributed by atoms with Crippen LogP contribution in [0.3, 0.4) is 0 Å². The minimum Gasteiger partial charge on any atom is -0.375 e. The molecule has 0 saturated carbocycles. The fourth-order valence-corrected chi connectivity index (χ4v) is 2.64. The molecule has 4 nitrogen and oxygen atoms in total. The Hall–Kier alpha value is 0.310. The molecule has 2 aliphatic rings.